The maximum atomic E-state index is 14.1. The molecule has 38 heavy (non-hydrogen) atoms. The van der Waals surface area contributed by atoms with Crippen LogP contribution in [0, 0.1) is 0 Å². The summed E-state index contributed by atoms with van der Waals surface area (Å²) >= 11 is 1.44. The molecule has 2 aromatic heterocycles. The summed E-state index contributed by atoms with van der Waals surface area (Å²) in [5.41, 5.74) is 7.54. The zero-order chi connectivity index (χ0) is 25.8. The van der Waals surface area contributed by atoms with Gasteiger partial charge < -0.3 is 14.5 Å². The SMILES string of the molecule is COc1ccc(C2C3=C(N=c4s/c(=C\c5c[nH]c6ccccc56)c(=O)n42)c2ccccc2CC3)cc1OC. The zero-order valence-electron chi connectivity index (χ0n) is 21.0. The quantitative estimate of drug-likeness (QED) is 0.370. The van der Waals surface area contributed by atoms with Gasteiger partial charge in [-0.15, -0.1) is 0 Å². The molecule has 5 aromatic rings. The number of para-hydroxylation sites is 1. The van der Waals surface area contributed by atoms with E-state index in [0.717, 1.165) is 51.7 Å². The monoisotopic (exact) mass is 519 g/mol. The lowest BCUT2D eigenvalue weighted by atomic mass is 9.83. The maximum absolute atomic E-state index is 14.1. The van der Waals surface area contributed by atoms with Crippen LogP contribution < -0.4 is 24.4 Å². The Labute approximate surface area is 222 Å². The van der Waals surface area contributed by atoms with Crippen molar-refractivity contribution in [2.24, 2.45) is 4.99 Å². The van der Waals surface area contributed by atoms with Crippen LogP contribution in [0.4, 0.5) is 0 Å². The molecule has 0 saturated heterocycles. The molecule has 0 radical (unpaired) electrons. The van der Waals surface area contributed by atoms with Crippen molar-refractivity contribution in [1.29, 1.82) is 0 Å². The molecule has 188 valence electrons. The Bertz CT molecular complexity index is 1940. The number of allylic oxidation sites excluding steroid dienone is 1. The van der Waals surface area contributed by atoms with Gasteiger partial charge in [-0.1, -0.05) is 59.9 Å². The predicted molar refractivity (Wildman–Crippen MR) is 151 cm³/mol. The minimum Gasteiger partial charge on any atom is -0.493 e. The van der Waals surface area contributed by atoms with Crippen molar-refractivity contribution >= 4 is 34.0 Å². The summed E-state index contributed by atoms with van der Waals surface area (Å²) < 4.78 is 13.6. The number of aromatic nitrogens is 2. The number of aromatic amines is 1. The van der Waals surface area contributed by atoms with Crippen LogP contribution in [0.15, 0.2) is 88.3 Å². The Morgan fingerprint density at radius 2 is 1.82 bits per heavy atom. The van der Waals surface area contributed by atoms with E-state index in [-0.39, 0.29) is 11.6 Å². The van der Waals surface area contributed by atoms with Crippen LogP contribution in [-0.4, -0.2) is 23.8 Å². The molecule has 7 rings (SSSR count). The standard InChI is InChI=1S/C31H25N3O3S/c1-36-25-14-12-19(15-26(25)37-2)29-23-13-11-18-7-3-4-9-22(18)28(23)33-31-34(29)30(35)27(38-31)16-20-17-32-24-10-6-5-8-21(20)24/h3-10,12,14-17,29,32H,11,13H2,1-2H3/b27-16-. The highest BCUT2D eigenvalue weighted by atomic mass is 32.1. The van der Waals surface area contributed by atoms with Crippen molar-refractivity contribution < 1.29 is 9.47 Å². The fourth-order valence-corrected chi connectivity index (χ4v) is 6.69. The number of nitrogens with zero attached hydrogens (tertiary/aromatic N) is 2. The molecule has 1 N–H and O–H groups in total. The summed E-state index contributed by atoms with van der Waals surface area (Å²) in [7, 11) is 3.26. The molecule has 0 bridgehead atoms. The van der Waals surface area contributed by atoms with Gasteiger partial charge in [0.1, 0.15) is 0 Å². The first kappa shape index (κ1) is 22.8. The predicted octanol–water partition coefficient (Wildman–Crippen LogP) is 4.82. The molecule has 1 atom stereocenters. The molecular formula is C31H25N3O3S. The lowest BCUT2D eigenvalue weighted by Gasteiger charge is -2.31. The van der Waals surface area contributed by atoms with E-state index in [0.29, 0.717) is 20.8 Å². The van der Waals surface area contributed by atoms with Gasteiger partial charge in [-0.25, -0.2) is 4.99 Å². The number of hydrogen-bond donors (Lipinski definition) is 1. The number of fused-ring (bicyclic) bond motifs is 4. The number of thiazole rings is 1. The number of hydrogen-bond acceptors (Lipinski definition) is 5. The molecule has 1 aliphatic carbocycles. The molecule has 6 nitrogen and oxygen atoms in total. The third-order valence-electron chi connectivity index (χ3n) is 7.50. The average molecular weight is 520 g/mol. The Kier molecular flexibility index (Phi) is 5.33. The van der Waals surface area contributed by atoms with Gasteiger partial charge in [0.2, 0.25) is 0 Å². The summed E-state index contributed by atoms with van der Waals surface area (Å²) in [5, 5.41) is 1.09. The van der Waals surface area contributed by atoms with Gasteiger partial charge in [0.25, 0.3) is 5.56 Å². The summed E-state index contributed by atoms with van der Waals surface area (Å²) in [6, 6.07) is 22.2. The smallest absolute Gasteiger partial charge is 0.271 e. The van der Waals surface area contributed by atoms with Crippen LogP contribution in [0.1, 0.15) is 34.7 Å². The third-order valence-corrected chi connectivity index (χ3v) is 8.49. The van der Waals surface area contributed by atoms with Crippen molar-refractivity contribution in [2.45, 2.75) is 18.9 Å². The van der Waals surface area contributed by atoms with Crippen molar-refractivity contribution in [3.8, 4) is 11.5 Å². The Morgan fingerprint density at radius 1 is 1.00 bits per heavy atom. The van der Waals surface area contributed by atoms with Crippen LogP contribution in [-0.2, 0) is 6.42 Å². The molecule has 1 unspecified atom stereocenters. The molecule has 2 aliphatic rings. The fraction of sp³-hybridized carbons (Fsp3) is 0.161. The number of benzene rings is 3. The van der Waals surface area contributed by atoms with Gasteiger partial charge in [0, 0.05) is 28.2 Å². The molecule has 3 heterocycles. The second-order valence-corrected chi connectivity index (χ2v) is 10.5. The highest BCUT2D eigenvalue weighted by molar-refractivity contribution is 7.07. The normalized spacial score (nSPS) is 16.6. The molecule has 0 fully saturated rings. The van der Waals surface area contributed by atoms with E-state index in [1.165, 1.54) is 16.9 Å². The number of H-pyrrole nitrogens is 1. The van der Waals surface area contributed by atoms with Crippen LogP contribution in [0.3, 0.4) is 0 Å². The summed E-state index contributed by atoms with van der Waals surface area (Å²) in [4.78, 5) is 23.2. The molecule has 3 aromatic carbocycles. The summed E-state index contributed by atoms with van der Waals surface area (Å²) in [6.07, 6.45) is 5.68. The largest absolute Gasteiger partial charge is 0.493 e. The third kappa shape index (κ3) is 3.46. The van der Waals surface area contributed by atoms with E-state index in [1.54, 1.807) is 14.2 Å². The number of ether oxygens (including phenoxy) is 2. The van der Waals surface area contributed by atoms with Crippen LogP contribution >= 0.6 is 11.3 Å². The fourth-order valence-electron chi connectivity index (χ4n) is 5.70. The highest BCUT2D eigenvalue weighted by Crippen LogP contribution is 2.42. The summed E-state index contributed by atoms with van der Waals surface area (Å²) in [5.74, 6) is 1.30. The molecule has 0 saturated carbocycles. The first-order chi connectivity index (χ1) is 18.7. The van der Waals surface area contributed by atoms with Crippen LogP contribution in [0.2, 0.25) is 0 Å². The average Bonchev–Trinajstić information content (AvgIpc) is 3.51. The molecule has 1 aliphatic heterocycles. The van der Waals surface area contributed by atoms with Crippen molar-refractivity contribution in [3.63, 3.8) is 0 Å². The van der Waals surface area contributed by atoms with Crippen molar-refractivity contribution in [3.05, 3.63) is 120 Å². The van der Waals surface area contributed by atoms with Gasteiger partial charge in [0.15, 0.2) is 16.3 Å². The number of nitrogens with one attached hydrogen (secondary N) is 1. The molecule has 0 spiro atoms. The maximum Gasteiger partial charge on any atom is 0.271 e. The van der Waals surface area contributed by atoms with Crippen molar-refractivity contribution in [2.75, 3.05) is 14.2 Å². The van der Waals surface area contributed by atoms with Gasteiger partial charge in [0.05, 0.1) is 30.5 Å². The minimum atomic E-state index is -0.278. The first-order valence-corrected chi connectivity index (χ1v) is 13.4. The highest BCUT2D eigenvalue weighted by Gasteiger charge is 2.33. The Balaban J connectivity index is 1.49. The number of methoxy groups -OCH3 is 2. The second-order valence-electron chi connectivity index (χ2n) is 9.52. The second kappa shape index (κ2) is 8.89. The van der Waals surface area contributed by atoms with E-state index in [9.17, 15) is 4.79 Å². The number of aryl methyl sites for hydroxylation is 1. The van der Waals surface area contributed by atoms with E-state index < -0.39 is 0 Å². The van der Waals surface area contributed by atoms with Gasteiger partial charge >= 0.3 is 0 Å². The van der Waals surface area contributed by atoms with E-state index in [2.05, 4.69) is 35.3 Å². The minimum absolute atomic E-state index is 0.0378. The van der Waals surface area contributed by atoms with Crippen molar-refractivity contribution in [1.82, 2.24) is 9.55 Å². The van der Waals surface area contributed by atoms with Gasteiger partial charge in [-0.2, -0.15) is 0 Å². The van der Waals surface area contributed by atoms with Crippen LogP contribution in [0.25, 0.3) is 22.7 Å². The van der Waals surface area contributed by atoms with Crippen LogP contribution in [0.5, 0.6) is 11.5 Å². The van der Waals surface area contributed by atoms with E-state index in [4.69, 9.17) is 14.5 Å². The molecular weight excluding hydrogens is 494 g/mol. The molecule has 7 heteroatoms. The van der Waals surface area contributed by atoms with E-state index >= 15 is 0 Å². The van der Waals surface area contributed by atoms with Gasteiger partial charge in [-0.05, 0) is 53.8 Å². The Hall–Kier alpha value is -4.36. The van der Waals surface area contributed by atoms with Gasteiger partial charge in [-0.3, -0.25) is 9.36 Å². The number of rotatable bonds is 4. The lowest BCUT2D eigenvalue weighted by Crippen LogP contribution is -2.38. The van der Waals surface area contributed by atoms with E-state index in [1.807, 2.05) is 53.2 Å². The summed E-state index contributed by atoms with van der Waals surface area (Å²) in [6.45, 7) is 0. The topological polar surface area (TPSA) is 68.6 Å². The lowest BCUT2D eigenvalue weighted by molar-refractivity contribution is 0.354. The molecule has 0 amide bonds. The first-order valence-electron chi connectivity index (χ1n) is 12.6. The Morgan fingerprint density at radius 3 is 2.68 bits per heavy atom. The zero-order valence-corrected chi connectivity index (χ0v) is 21.8.